The molecule has 2 aromatic rings. The van der Waals surface area contributed by atoms with Gasteiger partial charge in [-0.2, -0.15) is 0 Å². The predicted octanol–water partition coefficient (Wildman–Crippen LogP) is 4.89. The number of hydrogen-bond donors (Lipinski definition) is 2. The highest BCUT2D eigenvalue weighted by Gasteiger charge is 2.38. The van der Waals surface area contributed by atoms with Crippen LogP contribution in [0.15, 0.2) is 48.5 Å². The molecule has 0 spiro atoms. The molecule has 2 aromatic carbocycles. The SMILES string of the molecule is CN(C)[C@]1(c2ccccc2)CC[C@@H](Nc2cc(Cl)cc(OC3CCNC3)c2)CC1. The summed E-state index contributed by atoms with van der Waals surface area (Å²) in [7, 11) is 4.42. The number of halogens is 1. The van der Waals surface area contributed by atoms with Gasteiger partial charge in [-0.1, -0.05) is 41.9 Å². The largest absolute Gasteiger partial charge is 0.489 e. The van der Waals surface area contributed by atoms with E-state index in [1.165, 1.54) is 5.56 Å². The lowest BCUT2D eigenvalue weighted by molar-refractivity contribution is 0.0945. The summed E-state index contributed by atoms with van der Waals surface area (Å²) in [6.45, 7) is 1.93. The Morgan fingerprint density at radius 1 is 1.07 bits per heavy atom. The average molecular weight is 414 g/mol. The second-order valence-electron chi connectivity index (χ2n) is 8.62. The molecule has 0 bridgehead atoms. The van der Waals surface area contributed by atoms with Gasteiger partial charge in [0.15, 0.2) is 0 Å². The molecule has 1 aliphatic carbocycles. The summed E-state index contributed by atoms with van der Waals surface area (Å²) in [4.78, 5) is 2.40. The fourth-order valence-corrected chi connectivity index (χ4v) is 5.08. The minimum Gasteiger partial charge on any atom is -0.489 e. The third-order valence-corrected chi connectivity index (χ3v) is 6.76. The fourth-order valence-electron chi connectivity index (χ4n) is 4.85. The zero-order valence-corrected chi connectivity index (χ0v) is 18.2. The first-order valence-electron chi connectivity index (χ1n) is 10.7. The van der Waals surface area contributed by atoms with E-state index in [4.69, 9.17) is 16.3 Å². The summed E-state index contributed by atoms with van der Waals surface area (Å²) >= 11 is 6.38. The quantitative estimate of drug-likeness (QED) is 0.706. The second-order valence-corrected chi connectivity index (χ2v) is 9.06. The molecular weight excluding hydrogens is 382 g/mol. The molecule has 4 rings (SSSR count). The van der Waals surface area contributed by atoms with Gasteiger partial charge in [0.25, 0.3) is 0 Å². The van der Waals surface area contributed by atoms with Crippen molar-refractivity contribution in [2.24, 2.45) is 0 Å². The van der Waals surface area contributed by atoms with Crippen molar-refractivity contribution < 1.29 is 4.74 Å². The zero-order valence-electron chi connectivity index (χ0n) is 17.5. The fraction of sp³-hybridized carbons (Fsp3) is 0.500. The van der Waals surface area contributed by atoms with Gasteiger partial charge in [0, 0.05) is 34.9 Å². The standard InChI is InChI=1S/C24H32ClN3O/c1-28(2)24(18-6-4-3-5-7-18)11-8-20(9-12-24)27-21-14-19(25)15-23(16-21)29-22-10-13-26-17-22/h3-7,14-16,20,22,26-27H,8-13,17H2,1-2H3/t20-,22?,24-. The Morgan fingerprint density at radius 3 is 2.48 bits per heavy atom. The predicted molar refractivity (Wildman–Crippen MR) is 121 cm³/mol. The molecule has 2 fully saturated rings. The molecule has 1 unspecified atom stereocenters. The highest BCUT2D eigenvalue weighted by Crippen LogP contribution is 2.42. The van der Waals surface area contributed by atoms with E-state index in [-0.39, 0.29) is 11.6 Å². The van der Waals surface area contributed by atoms with Crippen LogP contribution in [0, 0.1) is 0 Å². The first-order valence-corrected chi connectivity index (χ1v) is 11.1. The highest BCUT2D eigenvalue weighted by atomic mass is 35.5. The molecule has 0 amide bonds. The molecule has 29 heavy (non-hydrogen) atoms. The summed E-state index contributed by atoms with van der Waals surface area (Å²) in [5.41, 5.74) is 2.60. The Balaban J connectivity index is 1.42. The van der Waals surface area contributed by atoms with Crippen molar-refractivity contribution in [3.8, 4) is 5.75 Å². The first kappa shape index (κ1) is 20.5. The van der Waals surface area contributed by atoms with Gasteiger partial charge in [-0.3, -0.25) is 4.90 Å². The van der Waals surface area contributed by atoms with Gasteiger partial charge in [-0.15, -0.1) is 0 Å². The number of ether oxygens (including phenoxy) is 1. The second kappa shape index (κ2) is 8.95. The molecule has 1 saturated carbocycles. The smallest absolute Gasteiger partial charge is 0.123 e. The molecule has 1 saturated heterocycles. The third-order valence-electron chi connectivity index (χ3n) is 6.54. The minimum atomic E-state index is 0.123. The molecule has 1 aliphatic heterocycles. The van der Waals surface area contributed by atoms with E-state index < -0.39 is 0 Å². The number of nitrogens with one attached hydrogen (secondary N) is 2. The summed E-state index contributed by atoms with van der Waals surface area (Å²) < 4.78 is 6.11. The van der Waals surface area contributed by atoms with Gasteiger partial charge in [0.1, 0.15) is 11.9 Å². The van der Waals surface area contributed by atoms with Crippen molar-refractivity contribution in [2.75, 3.05) is 32.5 Å². The Morgan fingerprint density at radius 2 is 1.83 bits per heavy atom. The van der Waals surface area contributed by atoms with E-state index >= 15 is 0 Å². The van der Waals surface area contributed by atoms with Crippen LogP contribution in [0.25, 0.3) is 0 Å². The molecule has 156 valence electrons. The summed E-state index contributed by atoms with van der Waals surface area (Å²) in [6, 6.07) is 17.4. The lowest BCUT2D eigenvalue weighted by Gasteiger charge is -2.46. The Hall–Kier alpha value is -1.75. The van der Waals surface area contributed by atoms with Gasteiger partial charge in [-0.05, 0) is 70.4 Å². The van der Waals surface area contributed by atoms with Crippen molar-refractivity contribution in [3.05, 3.63) is 59.1 Å². The van der Waals surface area contributed by atoms with Crippen LogP contribution in [0.4, 0.5) is 5.69 Å². The van der Waals surface area contributed by atoms with Gasteiger partial charge in [0.05, 0.1) is 0 Å². The maximum Gasteiger partial charge on any atom is 0.123 e. The molecule has 2 N–H and O–H groups in total. The summed E-state index contributed by atoms with van der Waals surface area (Å²) in [6.07, 6.45) is 5.82. The summed E-state index contributed by atoms with van der Waals surface area (Å²) in [5, 5.41) is 7.78. The van der Waals surface area contributed by atoms with E-state index in [1.54, 1.807) is 0 Å². The van der Waals surface area contributed by atoms with Crippen LogP contribution in [0.2, 0.25) is 5.02 Å². The van der Waals surface area contributed by atoms with Crippen LogP contribution in [-0.2, 0) is 5.54 Å². The monoisotopic (exact) mass is 413 g/mol. The van der Waals surface area contributed by atoms with Crippen LogP contribution in [0.3, 0.4) is 0 Å². The van der Waals surface area contributed by atoms with Crippen LogP contribution in [0.5, 0.6) is 5.75 Å². The third kappa shape index (κ3) is 4.71. The summed E-state index contributed by atoms with van der Waals surface area (Å²) in [5.74, 6) is 0.858. The van der Waals surface area contributed by atoms with Crippen molar-refractivity contribution in [1.29, 1.82) is 0 Å². The maximum atomic E-state index is 6.38. The Kier molecular flexibility index (Phi) is 6.33. The Bertz CT molecular complexity index is 797. The molecule has 0 aromatic heterocycles. The lowest BCUT2D eigenvalue weighted by atomic mass is 9.74. The minimum absolute atomic E-state index is 0.123. The maximum absolute atomic E-state index is 6.38. The van der Waals surface area contributed by atoms with E-state index in [1.807, 2.05) is 12.1 Å². The molecule has 5 heteroatoms. The van der Waals surface area contributed by atoms with Gasteiger partial charge < -0.3 is 15.4 Å². The average Bonchev–Trinajstić information content (AvgIpc) is 3.22. The molecule has 1 heterocycles. The zero-order chi connectivity index (χ0) is 20.3. The molecule has 4 nitrogen and oxygen atoms in total. The normalized spacial score (nSPS) is 27.2. The molecular formula is C24H32ClN3O. The van der Waals surface area contributed by atoms with E-state index in [0.29, 0.717) is 6.04 Å². The number of benzene rings is 2. The topological polar surface area (TPSA) is 36.5 Å². The lowest BCUT2D eigenvalue weighted by Crippen LogP contribution is -2.46. The van der Waals surface area contributed by atoms with E-state index in [2.05, 4.69) is 66.0 Å². The van der Waals surface area contributed by atoms with Gasteiger partial charge in [-0.25, -0.2) is 0 Å². The molecule has 1 atom stereocenters. The van der Waals surface area contributed by atoms with Crippen LogP contribution >= 0.6 is 11.6 Å². The number of hydrogen-bond acceptors (Lipinski definition) is 4. The molecule has 0 radical (unpaired) electrons. The van der Waals surface area contributed by atoms with E-state index in [9.17, 15) is 0 Å². The molecule has 2 aliphatic rings. The van der Waals surface area contributed by atoms with Crippen LogP contribution in [0.1, 0.15) is 37.7 Å². The van der Waals surface area contributed by atoms with Crippen LogP contribution < -0.4 is 15.4 Å². The number of rotatable bonds is 6. The van der Waals surface area contributed by atoms with Crippen molar-refractivity contribution in [1.82, 2.24) is 10.2 Å². The number of anilines is 1. The Labute approximate surface area is 179 Å². The van der Waals surface area contributed by atoms with Gasteiger partial charge in [0.2, 0.25) is 0 Å². The van der Waals surface area contributed by atoms with Crippen LogP contribution in [-0.4, -0.2) is 44.2 Å². The van der Waals surface area contributed by atoms with Crippen molar-refractivity contribution >= 4 is 17.3 Å². The van der Waals surface area contributed by atoms with E-state index in [0.717, 1.165) is 61.7 Å². The number of nitrogens with zero attached hydrogens (tertiary/aromatic N) is 1. The first-order chi connectivity index (χ1) is 14.0. The van der Waals surface area contributed by atoms with Gasteiger partial charge >= 0.3 is 0 Å². The van der Waals surface area contributed by atoms with Crippen molar-refractivity contribution in [2.45, 2.75) is 49.8 Å². The van der Waals surface area contributed by atoms with Crippen molar-refractivity contribution in [3.63, 3.8) is 0 Å². The highest BCUT2D eigenvalue weighted by molar-refractivity contribution is 6.31.